The van der Waals surface area contributed by atoms with Gasteiger partial charge in [-0.2, -0.15) is 0 Å². The fraction of sp³-hybridized carbons (Fsp3) is 0.136. The van der Waals surface area contributed by atoms with Crippen molar-refractivity contribution in [3.63, 3.8) is 0 Å². The number of carbonyl (C=O) groups is 2. The normalized spacial score (nSPS) is 10.2. The van der Waals surface area contributed by atoms with E-state index in [4.69, 9.17) is 9.47 Å². The molecule has 0 saturated carbocycles. The van der Waals surface area contributed by atoms with E-state index in [0.717, 1.165) is 11.3 Å². The predicted molar refractivity (Wildman–Crippen MR) is 104 cm³/mol. The highest BCUT2D eigenvalue weighted by atomic mass is 16.6. The second-order valence-electron chi connectivity index (χ2n) is 5.94. The molecule has 142 valence electrons. The number of carbonyl (C=O) groups excluding carboxylic acids is 2. The Balaban J connectivity index is 1.84. The maximum atomic E-state index is 12.6. The molecule has 2 aromatic carbocycles. The molecule has 0 aliphatic heterocycles. The minimum atomic E-state index is -0.561. The molecule has 3 aromatic rings. The van der Waals surface area contributed by atoms with Gasteiger partial charge in [-0.25, -0.2) is 9.59 Å². The molecule has 0 N–H and O–H groups in total. The quantitative estimate of drug-likeness (QED) is 0.493. The van der Waals surface area contributed by atoms with Crippen LogP contribution in [0.5, 0.6) is 11.5 Å². The maximum absolute atomic E-state index is 12.6. The van der Waals surface area contributed by atoms with E-state index in [1.165, 1.54) is 32.4 Å². The lowest BCUT2D eigenvalue weighted by Gasteiger charge is -2.12. The van der Waals surface area contributed by atoms with E-state index in [-0.39, 0.29) is 11.5 Å². The number of hydrogen-bond donors (Lipinski definition) is 0. The molecule has 6 heteroatoms. The van der Waals surface area contributed by atoms with Gasteiger partial charge in [-0.05, 0) is 37.3 Å². The zero-order valence-electron chi connectivity index (χ0n) is 15.8. The summed E-state index contributed by atoms with van der Waals surface area (Å²) in [5.41, 5.74) is 2.93. The third kappa shape index (κ3) is 4.01. The Morgan fingerprint density at radius 3 is 2.25 bits per heavy atom. The predicted octanol–water partition coefficient (Wildman–Crippen LogP) is 4.07. The lowest BCUT2D eigenvalue weighted by molar-refractivity contribution is 0.0600. The van der Waals surface area contributed by atoms with Crippen molar-refractivity contribution in [2.75, 3.05) is 14.2 Å². The van der Waals surface area contributed by atoms with Crippen LogP contribution < -0.4 is 9.47 Å². The van der Waals surface area contributed by atoms with Crippen molar-refractivity contribution >= 4 is 11.9 Å². The number of ether oxygens (including phenoxy) is 3. The molecule has 0 amide bonds. The molecule has 0 unspecified atom stereocenters. The first-order valence-electron chi connectivity index (χ1n) is 8.55. The summed E-state index contributed by atoms with van der Waals surface area (Å²) in [5, 5.41) is 0. The molecule has 3 rings (SSSR count). The third-order valence-electron chi connectivity index (χ3n) is 4.16. The van der Waals surface area contributed by atoms with Gasteiger partial charge in [0, 0.05) is 5.56 Å². The summed E-state index contributed by atoms with van der Waals surface area (Å²) in [6.07, 6.45) is 0. The Morgan fingerprint density at radius 1 is 0.857 bits per heavy atom. The average Bonchev–Trinajstić information content (AvgIpc) is 2.73. The van der Waals surface area contributed by atoms with E-state index < -0.39 is 11.9 Å². The SMILES string of the molecule is COC(=O)c1ccc(OC(=O)c2ccc(-c3ccccc3)nc2C)c(OC)c1. The summed E-state index contributed by atoms with van der Waals surface area (Å²) < 4.78 is 15.4. The van der Waals surface area contributed by atoms with Gasteiger partial charge in [-0.15, -0.1) is 0 Å². The molecular weight excluding hydrogens is 358 g/mol. The first kappa shape index (κ1) is 19.1. The van der Waals surface area contributed by atoms with Crippen molar-refractivity contribution in [2.24, 2.45) is 0 Å². The van der Waals surface area contributed by atoms with Crippen molar-refractivity contribution in [3.8, 4) is 22.8 Å². The Bertz CT molecular complexity index is 1010. The minimum Gasteiger partial charge on any atom is -0.493 e. The van der Waals surface area contributed by atoms with Crippen LogP contribution in [-0.4, -0.2) is 31.1 Å². The van der Waals surface area contributed by atoms with E-state index in [1.807, 2.05) is 30.3 Å². The van der Waals surface area contributed by atoms with Crippen molar-refractivity contribution in [1.29, 1.82) is 0 Å². The van der Waals surface area contributed by atoms with Gasteiger partial charge in [0.2, 0.25) is 0 Å². The molecule has 0 atom stereocenters. The molecule has 0 bridgehead atoms. The van der Waals surface area contributed by atoms with Gasteiger partial charge in [0.15, 0.2) is 11.5 Å². The number of aryl methyl sites for hydroxylation is 1. The summed E-state index contributed by atoms with van der Waals surface area (Å²) in [4.78, 5) is 28.8. The van der Waals surface area contributed by atoms with Crippen LogP contribution in [0.3, 0.4) is 0 Å². The molecule has 0 fully saturated rings. The number of rotatable bonds is 5. The van der Waals surface area contributed by atoms with E-state index in [9.17, 15) is 9.59 Å². The Kier molecular flexibility index (Phi) is 5.69. The monoisotopic (exact) mass is 377 g/mol. The minimum absolute atomic E-state index is 0.201. The molecule has 0 aliphatic carbocycles. The van der Waals surface area contributed by atoms with Crippen LogP contribution in [0.1, 0.15) is 26.4 Å². The van der Waals surface area contributed by atoms with Crippen LogP contribution in [0.4, 0.5) is 0 Å². The molecule has 0 aliphatic rings. The van der Waals surface area contributed by atoms with Crippen molar-refractivity contribution < 1.29 is 23.8 Å². The molecular formula is C22H19NO5. The second kappa shape index (κ2) is 8.35. The fourth-order valence-corrected chi connectivity index (χ4v) is 2.70. The summed E-state index contributed by atoms with van der Waals surface area (Å²) in [7, 11) is 2.72. The number of benzene rings is 2. The first-order chi connectivity index (χ1) is 13.5. The molecule has 1 heterocycles. The summed E-state index contributed by atoms with van der Waals surface area (Å²) in [6, 6.07) is 17.6. The van der Waals surface area contributed by atoms with Gasteiger partial charge in [0.1, 0.15) is 0 Å². The second-order valence-corrected chi connectivity index (χ2v) is 5.94. The lowest BCUT2D eigenvalue weighted by Crippen LogP contribution is -2.12. The highest BCUT2D eigenvalue weighted by Crippen LogP contribution is 2.29. The molecule has 0 radical (unpaired) electrons. The Labute approximate surface area is 162 Å². The van der Waals surface area contributed by atoms with Gasteiger partial charge in [0.05, 0.1) is 36.7 Å². The fourth-order valence-electron chi connectivity index (χ4n) is 2.70. The van der Waals surface area contributed by atoms with Crippen molar-refractivity contribution in [3.05, 3.63) is 77.5 Å². The van der Waals surface area contributed by atoms with Crippen LogP contribution in [0.15, 0.2) is 60.7 Å². The van der Waals surface area contributed by atoms with Crippen LogP contribution in [0.25, 0.3) is 11.3 Å². The van der Waals surface area contributed by atoms with Crippen molar-refractivity contribution in [2.45, 2.75) is 6.92 Å². The molecule has 0 saturated heterocycles. The molecule has 6 nitrogen and oxygen atoms in total. The van der Waals surface area contributed by atoms with Gasteiger partial charge >= 0.3 is 11.9 Å². The number of methoxy groups -OCH3 is 2. The highest BCUT2D eigenvalue weighted by molar-refractivity contribution is 5.93. The number of pyridine rings is 1. The summed E-state index contributed by atoms with van der Waals surface area (Å²) >= 11 is 0. The van der Waals surface area contributed by atoms with E-state index in [0.29, 0.717) is 16.8 Å². The van der Waals surface area contributed by atoms with Gasteiger partial charge < -0.3 is 14.2 Å². The van der Waals surface area contributed by atoms with Gasteiger partial charge in [-0.3, -0.25) is 4.98 Å². The molecule has 1 aromatic heterocycles. The number of aromatic nitrogens is 1. The highest BCUT2D eigenvalue weighted by Gasteiger charge is 2.18. The van der Waals surface area contributed by atoms with E-state index >= 15 is 0 Å². The van der Waals surface area contributed by atoms with Crippen LogP contribution in [0, 0.1) is 6.92 Å². The van der Waals surface area contributed by atoms with Crippen LogP contribution >= 0.6 is 0 Å². The Morgan fingerprint density at radius 2 is 1.61 bits per heavy atom. The van der Waals surface area contributed by atoms with Crippen LogP contribution in [0.2, 0.25) is 0 Å². The zero-order valence-corrected chi connectivity index (χ0v) is 15.8. The first-order valence-corrected chi connectivity index (χ1v) is 8.55. The lowest BCUT2D eigenvalue weighted by atomic mass is 10.1. The largest absolute Gasteiger partial charge is 0.493 e. The molecule has 0 spiro atoms. The third-order valence-corrected chi connectivity index (χ3v) is 4.16. The van der Waals surface area contributed by atoms with Crippen molar-refractivity contribution in [1.82, 2.24) is 4.98 Å². The number of nitrogens with zero attached hydrogens (tertiary/aromatic N) is 1. The molecule has 28 heavy (non-hydrogen) atoms. The topological polar surface area (TPSA) is 74.7 Å². The maximum Gasteiger partial charge on any atom is 0.345 e. The zero-order chi connectivity index (χ0) is 20.1. The average molecular weight is 377 g/mol. The van der Waals surface area contributed by atoms with E-state index in [2.05, 4.69) is 9.72 Å². The number of esters is 2. The summed E-state index contributed by atoms with van der Waals surface area (Å²) in [5.74, 6) is -0.615. The van der Waals surface area contributed by atoms with E-state index in [1.54, 1.807) is 19.1 Å². The Hall–Kier alpha value is -3.67. The smallest absolute Gasteiger partial charge is 0.345 e. The van der Waals surface area contributed by atoms with Gasteiger partial charge in [-0.1, -0.05) is 30.3 Å². The standard InChI is InChI=1S/C22H19NO5/c1-14-17(10-11-18(23-14)15-7-5-4-6-8-15)22(25)28-19-12-9-16(21(24)27-3)13-20(19)26-2/h4-13H,1-3H3. The summed E-state index contributed by atoms with van der Waals surface area (Å²) in [6.45, 7) is 1.75. The van der Waals surface area contributed by atoms with Crippen LogP contribution in [-0.2, 0) is 4.74 Å². The van der Waals surface area contributed by atoms with Gasteiger partial charge in [0.25, 0.3) is 0 Å². The number of hydrogen-bond acceptors (Lipinski definition) is 6.